The number of nitrogen functional groups attached to an aromatic ring is 1. The summed E-state index contributed by atoms with van der Waals surface area (Å²) in [4.78, 5) is 27.1. The number of thiophene rings is 1. The molecule has 132 valence electrons. The molecule has 26 heavy (non-hydrogen) atoms. The maximum atomic E-state index is 12.8. The van der Waals surface area contributed by atoms with Gasteiger partial charge in [0.15, 0.2) is 10.9 Å². The molecule has 0 aliphatic heterocycles. The molecule has 0 spiro atoms. The van der Waals surface area contributed by atoms with Gasteiger partial charge in [0.2, 0.25) is 0 Å². The number of carbonyl (C=O) groups is 1. The van der Waals surface area contributed by atoms with Crippen molar-refractivity contribution in [2.24, 2.45) is 0 Å². The van der Waals surface area contributed by atoms with Crippen LogP contribution in [0.1, 0.15) is 26.5 Å². The molecule has 7 heteroatoms. The van der Waals surface area contributed by atoms with Crippen LogP contribution in [0.15, 0.2) is 29.4 Å². The van der Waals surface area contributed by atoms with Gasteiger partial charge in [0.05, 0.1) is 11.1 Å². The standard InChI is InChI=1S/C19H18N4OS2/c1-9-11(3)26-18-15(9)17(20)22-19(23-18)25-8-14(24)16-10(2)21-13-7-5-4-6-12(13)16/h4-7,21H,8H2,1-3H3,(H2,20,22,23). The molecule has 4 rings (SSSR count). The maximum absolute atomic E-state index is 12.8. The summed E-state index contributed by atoms with van der Waals surface area (Å²) in [5, 5.41) is 2.42. The van der Waals surface area contributed by atoms with Crippen LogP contribution in [0, 0.1) is 20.8 Å². The third-order valence-electron chi connectivity index (χ3n) is 4.54. The smallest absolute Gasteiger partial charge is 0.191 e. The van der Waals surface area contributed by atoms with Crippen molar-refractivity contribution in [2.45, 2.75) is 25.9 Å². The number of rotatable bonds is 4. The van der Waals surface area contributed by atoms with Crippen LogP contribution >= 0.6 is 23.1 Å². The Morgan fingerprint density at radius 2 is 2.00 bits per heavy atom. The van der Waals surface area contributed by atoms with E-state index in [4.69, 9.17) is 5.73 Å². The molecule has 0 amide bonds. The van der Waals surface area contributed by atoms with E-state index >= 15 is 0 Å². The first-order chi connectivity index (χ1) is 12.5. The molecule has 0 bridgehead atoms. The molecule has 0 fully saturated rings. The van der Waals surface area contributed by atoms with Crippen molar-refractivity contribution in [1.29, 1.82) is 0 Å². The number of H-pyrrole nitrogens is 1. The number of thioether (sulfide) groups is 1. The van der Waals surface area contributed by atoms with Crippen molar-refractivity contribution in [3.05, 3.63) is 46.0 Å². The normalized spacial score (nSPS) is 11.5. The number of nitrogens with two attached hydrogens (primary N) is 1. The van der Waals surface area contributed by atoms with E-state index in [-0.39, 0.29) is 11.5 Å². The number of fused-ring (bicyclic) bond motifs is 2. The van der Waals surface area contributed by atoms with Gasteiger partial charge in [-0.15, -0.1) is 11.3 Å². The lowest BCUT2D eigenvalue weighted by molar-refractivity contribution is 0.102. The second kappa shape index (κ2) is 6.41. The van der Waals surface area contributed by atoms with Gasteiger partial charge in [-0.25, -0.2) is 9.97 Å². The Morgan fingerprint density at radius 3 is 2.81 bits per heavy atom. The van der Waals surface area contributed by atoms with Gasteiger partial charge in [-0.2, -0.15) is 0 Å². The fourth-order valence-corrected chi connectivity index (χ4v) is 4.98. The van der Waals surface area contributed by atoms with Crippen LogP contribution in [0.4, 0.5) is 5.82 Å². The molecule has 0 atom stereocenters. The van der Waals surface area contributed by atoms with Gasteiger partial charge in [0, 0.05) is 27.0 Å². The molecule has 3 aromatic heterocycles. The number of para-hydroxylation sites is 1. The van der Waals surface area contributed by atoms with Crippen LogP contribution in [0.3, 0.4) is 0 Å². The van der Waals surface area contributed by atoms with E-state index in [9.17, 15) is 4.79 Å². The minimum Gasteiger partial charge on any atom is -0.383 e. The Kier molecular flexibility index (Phi) is 4.20. The Morgan fingerprint density at radius 1 is 1.23 bits per heavy atom. The fourth-order valence-electron chi connectivity index (χ4n) is 3.16. The van der Waals surface area contributed by atoms with Gasteiger partial charge in [-0.1, -0.05) is 30.0 Å². The molecule has 0 saturated carbocycles. The number of aromatic amines is 1. The number of carbonyl (C=O) groups excluding carboxylic acids is 1. The van der Waals surface area contributed by atoms with Gasteiger partial charge < -0.3 is 10.7 Å². The zero-order valence-electron chi connectivity index (χ0n) is 14.7. The Hall–Kier alpha value is -2.38. The summed E-state index contributed by atoms with van der Waals surface area (Å²) in [6.45, 7) is 6.01. The molecule has 0 unspecified atom stereocenters. The predicted molar refractivity (Wildman–Crippen MR) is 109 cm³/mol. The van der Waals surface area contributed by atoms with Gasteiger partial charge >= 0.3 is 0 Å². The van der Waals surface area contributed by atoms with E-state index in [0.29, 0.717) is 11.0 Å². The van der Waals surface area contributed by atoms with Crippen LogP contribution in [0.5, 0.6) is 0 Å². The lowest BCUT2D eigenvalue weighted by atomic mass is 10.1. The van der Waals surface area contributed by atoms with E-state index in [2.05, 4.69) is 21.9 Å². The van der Waals surface area contributed by atoms with E-state index < -0.39 is 0 Å². The van der Waals surface area contributed by atoms with Crippen LogP contribution in [0.2, 0.25) is 0 Å². The third kappa shape index (κ3) is 2.77. The van der Waals surface area contributed by atoms with E-state index in [1.165, 1.54) is 16.6 Å². The SMILES string of the molecule is Cc1[nH]c2ccccc2c1C(=O)CSc1nc(N)c2c(C)c(C)sc2n1. The maximum Gasteiger partial charge on any atom is 0.191 e. The monoisotopic (exact) mass is 382 g/mol. The van der Waals surface area contributed by atoms with Crippen molar-refractivity contribution >= 4 is 55.8 Å². The van der Waals surface area contributed by atoms with Crippen molar-refractivity contribution in [1.82, 2.24) is 15.0 Å². The highest BCUT2D eigenvalue weighted by Gasteiger charge is 2.18. The first kappa shape index (κ1) is 17.1. The molecule has 4 aromatic rings. The number of Topliss-reactive ketones (excluding diaryl/α,β-unsaturated/α-hetero) is 1. The molecule has 0 radical (unpaired) electrons. The lowest BCUT2D eigenvalue weighted by Gasteiger charge is -2.04. The summed E-state index contributed by atoms with van der Waals surface area (Å²) in [6.07, 6.45) is 0. The quantitative estimate of drug-likeness (QED) is 0.305. The predicted octanol–water partition coefficient (Wildman–Crippen LogP) is 4.66. The molecule has 0 aliphatic carbocycles. The Balaban J connectivity index is 1.61. The van der Waals surface area contributed by atoms with Gasteiger partial charge in [-0.05, 0) is 32.4 Å². The van der Waals surface area contributed by atoms with Crippen molar-refractivity contribution < 1.29 is 4.79 Å². The first-order valence-corrected chi connectivity index (χ1v) is 10.0. The van der Waals surface area contributed by atoms with E-state index in [1.807, 2.05) is 38.1 Å². The van der Waals surface area contributed by atoms with Crippen molar-refractivity contribution in [3.8, 4) is 0 Å². The van der Waals surface area contributed by atoms with Crippen molar-refractivity contribution in [3.63, 3.8) is 0 Å². The minimum atomic E-state index is 0.0609. The largest absolute Gasteiger partial charge is 0.383 e. The molecule has 5 nitrogen and oxygen atoms in total. The van der Waals surface area contributed by atoms with Gasteiger partial charge in [-0.3, -0.25) is 4.79 Å². The summed E-state index contributed by atoms with van der Waals surface area (Å²) in [5.41, 5.74) is 9.86. The van der Waals surface area contributed by atoms with Gasteiger partial charge in [0.1, 0.15) is 10.6 Å². The summed E-state index contributed by atoms with van der Waals surface area (Å²) in [6, 6.07) is 7.84. The summed E-state index contributed by atoms with van der Waals surface area (Å²) in [7, 11) is 0. The number of hydrogen-bond donors (Lipinski definition) is 2. The Labute approximate surface area is 159 Å². The molecular weight excluding hydrogens is 364 g/mol. The van der Waals surface area contributed by atoms with Crippen LogP contribution in [0.25, 0.3) is 21.1 Å². The average molecular weight is 383 g/mol. The number of nitrogens with zero attached hydrogens (tertiary/aromatic N) is 2. The molecule has 1 aromatic carbocycles. The highest BCUT2D eigenvalue weighted by Crippen LogP contribution is 2.33. The number of benzene rings is 1. The molecule has 0 saturated heterocycles. The molecule has 0 aliphatic rings. The molecular formula is C19H18N4OS2. The fraction of sp³-hybridized carbons (Fsp3) is 0.211. The van der Waals surface area contributed by atoms with E-state index in [1.54, 1.807) is 11.3 Å². The summed E-state index contributed by atoms with van der Waals surface area (Å²) >= 11 is 2.94. The second-order valence-corrected chi connectivity index (χ2v) is 8.38. The topological polar surface area (TPSA) is 84.7 Å². The molecule has 3 N–H and O–H groups in total. The number of hydrogen-bond acceptors (Lipinski definition) is 6. The average Bonchev–Trinajstić information content (AvgIpc) is 3.09. The zero-order valence-corrected chi connectivity index (χ0v) is 16.3. The lowest BCUT2D eigenvalue weighted by Crippen LogP contribution is -2.05. The Bertz CT molecular complexity index is 1160. The van der Waals surface area contributed by atoms with Crippen molar-refractivity contribution in [2.75, 3.05) is 11.5 Å². The summed E-state index contributed by atoms with van der Waals surface area (Å²) in [5.74, 6) is 0.817. The van der Waals surface area contributed by atoms with Crippen LogP contribution in [-0.4, -0.2) is 26.5 Å². The van der Waals surface area contributed by atoms with E-state index in [0.717, 1.165) is 37.9 Å². The number of anilines is 1. The third-order valence-corrected chi connectivity index (χ3v) is 6.49. The summed E-state index contributed by atoms with van der Waals surface area (Å²) < 4.78 is 0. The molecule has 3 heterocycles. The van der Waals surface area contributed by atoms with Crippen LogP contribution < -0.4 is 5.73 Å². The number of aryl methyl sites for hydroxylation is 3. The number of aromatic nitrogens is 3. The minimum absolute atomic E-state index is 0.0609. The van der Waals surface area contributed by atoms with Gasteiger partial charge in [0.25, 0.3) is 0 Å². The number of ketones is 1. The second-order valence-electron chi connectivity index (χ2n) is 6.24. The first-order valence-electron chi connectivity index (χ1n) is 8.22. The zero-order chi connectivity index (χ0) is 18.4. The van der Waals surface area contributed by atoms with Crippen LogP contribution in [-0.2, 0) is 0 Å². The highest BCUT2D eigenvalue weighted by molar-refractivity contribution is 7.99. The highest BCUT2D eigenvalue weighted by atomic mass is 32.2. The number of nitrogens with one attached hydrogen (secondary N) is 1.